The summed E-state index contributed by atoms with van der Waals surface area (Å²) in [6.45, 7) is 1.50. The Kier molecular flexibility index (Phi) is 5.73. The average molecular weight is 360 g/mol. The fraction of sp³-hybridized carbons (Fsp3) is 0.357. The monoisotopic (exact) mass is 360 g/mol. The fourth-order valence-corrected chi connectivity index (χ4v) is 2.14. The average Bonchev–Trinajstić information content (AvgIpc) is 2.55. The molecular weight excluding hydrogens is 345 g/mol. The van der Waals surface area contributed by atoms with Crippen molar-refractivity contribution in [1.29, 1.82) is 0 Å². The van der Waals surface area contributed by atoms with E-state index in [9.17, 15) is 18.0 Å². The van der Waals surface area contributed by atoms with E-state index in [-0.39, 0.29) is 16.4 Å². The molecule has 10 heteroatoms. The van der Waals surface area contributed by atoms with E-state index in [1.165, 1.54) is 17.0 Å². The van der Waals surface area contributed by atoms with Crippen LogP contribution in [0.25, 0.3) is 0 Å². The number of halogens is 3. The maximum Gasteiger partial charge on any atom is 0.416 e. The summed E-state index contributed by atoms with van der Waals surface area (Å²) >= 11 is 4.81. The minimum absolute atomic E-state index is 0.0633. The molecule has 0 bridgehead atoms. The van der Waals surface area contributed by atoms with Crippen LogP contribution in [0.1, 0.15) is 5.56 Å². The molecule has 1 aromatic carbocycles. The van der Waals surface area contributed by atoms with Gasteiger partial charge in [0.2, 0.25) is 0 Å². The van der Waals surface area contributed by atoms with Crippen molar-refractivity contribution < 1.29 is 22.7 Å². The number of carbonyl (C=O) groups excluding carboxylic acids is 1. The van der Waals surface area contributed by atoms with Crippen LogP contribution in [0.2, 0.25) is 0 Å². The predicted molar refractivity (Wildman–Crippen MR) is 86.7 cm³/mol. The molecule has 130 valence electrons. The van der Waals surface area contributed by atoms with Crippen LogP contribution >= 0.6 is 12.2 Å². The van der Waals surface area contributed by atoms with E-state index in [1.807, 2.05) is 0 Å². The van der Waals surface area contributed by atoms with Crippen LogP contribution in [0.3, 0.4) is 0 Å². The van der Waals surface area contributed by atoms with Crippen molar-refractivity contribution in [3.05, 3.63) is 29.8 Å². The third-order valence-electron chi connectivity index (χ3n) is 3.22. The zero-order chi connectivity index (χ0) is 17.7. The topological polar surface area (TPSA) is 79.9 Å². The molecule has 1 aliphatic rings. The summed E-state index contributed by atoms with van der Waals surface area (Å²) in [5.74, 6) is -0.495. The van der Waals surface area contributed by atoms with Crippen molar-refractivity contribution in [1.82, 2.24) is 4.90 Å². The van der Waals surface area contributed by atoms with Gasteiger partial charge in [-0.25, -0.2) is 0 Å². The number of thiocarbonyl (C=S) groups is 1. The summed E-state index contributed by atoms with van der Waals surface area (Å²) in [5.41, 5.74) is 6.92. The zero-order valence-electron chi connectivity index (χ0n) is 12.5. The Morgan fingerprint density at radius 1 is 1.33 bits per heavy atom. The number of hydrogen-bond acceptors (Lipinski definition) is 5. The zero-order valence-corrected chi connectivity index (χ0v) is 13.3. The molecule has 1 saturated heterocycles. The number of benzene rings is 1. The standard InChI is InChI=1S/C14H15F3N4O2S/c15-14(16,17)9-2-1-3-10(8-9)19-20-11(12(18)24)13(22)21-4-6-23-7-5-21/h1-3,8,19H,4-7H2,(H2,18,24). The number of rotatable bonds is 4. The highest BCUT2D eigenvalue weighted by Crippen LogP contribution is 2.30. The molecule has 0 unspecified atom stereocenters. The minimum Gasteiger partial charge on any atom is -0.388 e. The third-order valence-corrected chi connectivity index (χ3v) is 3.41. The van der Waals surface area contributed by atoms with E-state index >= 15 is 0 Å². The van der Waals surface area contributed by atoms with Crippen LogP contribution in [0.5, 0.6) is 0 Å². The summed E-state index contributed by atoms with van der Waals surface area (Å²) in [7, 11) is 0. The van der Waals surface area contributed by atoms with Gasteiger partial charge in [0.05, 0.1) is 24.5 Å². The van der Waals surface area contributed by atoms with Gasteiger partial charge < -0.3 is 15.4 Å². The molecule has 0 aromatic heterocycles. The molecule has 0 saturated carbocycles. The lowest BCUT2D eigenvalue weighted by Gasteiger charge is -2.26. The first kappa shape index (κ1) is 18.1. The molecule has 1 amide bonds. The number of alkyl halides is 3. The van der Waals surface area contributed by atoms with Crippen LogP contribution in [-0.4, -0.2) is 47.8 Å². The quantitative estimate of drug-likeness (QED) is 0.485. The van der Waals surface area contributed by atoms with Crippen LogP contribution in [-0.2, 0) is 15.7 Å². The Hall–Kier alpha value is -2.20. The first-order valence-corrected chi connectivity index (χ1v) is 7.37. The maximum atomic E-state index is 12.7. The summed E-state index contributed by atoms with van der Waals surface area (Å²) < 4.78 is 43.2. The smallest absolute Gasteiger partial charge is 0.388 e. The number of hydrogen-bond donors (Lipinski definition) is 2. The van der Waals surface area contributed by atoms with Gasteiger partial charge in [-0.2, -0.15) is 18.3 Å². The molecule has 1 aromatic rings. The normalized spacial score (nSPS) is 16.0. The van der Waals surface area contributed by atoms with Crippen LogP contribution in [0.4, 0.5) is 18.9 Å². The fourth-order valence-electron chi connectivity index (χ4n) is 2.01. The maximum absolute atomic E-state index is 12.7. The van der Waals surface area contributed by atoms with Gasteiger partial charge in [-0.3, -0.25) is 10.2 Å². The van der Waals surface area contributed by atoms with Gasteiger partial charge in [-0.05, 0) is 18.2 Å². The summed E-state index contributed by atoms with van der Waals surface area (Å²) in [6, 6.07) is 4.42. The van der Waals surface area contributed by atoms with Crippen molar-refractivity contribution in [3.8, 4) is 0 Å². The summed E-state index contributed by atoms with van der Waals surface area (Å²) in [6.07, 6.45) is -4.48. The summed E-state index contributed by atoms with van der Waals surface area (Å²) in [5, 5.41) is 3.79. The number of hydrazone groups is 1. The number of nitrogens with one attached hydrogen (secondary N) is 1. The van der Waals surface area contributed by atoms with Gasteiger partial charge in [0, 0.05) is 13.1 Å². The number of nitrogens with two attached hydrogens (primary N) is 1. The van der Waals surface area contributed by atoms with Gasteiger partial charge >= 0.3 is 6.18 Å². The van der Waals surface area contributed by atoms with E-state index in [0.717, 1.165) is 12.1 Å². The second-order valence-corrected chi connectivity index (χ2v) is 5.36. The summed E-state index contributed by atoms with van der Waals surface area (Å²) in [4.78, 5) is 13.6. The molecule has 6 nitrogen and oxygen atoms in total. The first-order valence-electron chi connectivity index (χ1n) is 6.97. The molecule has 1 aliphatic heterocycles. The second-order valence-electron chi connectivity index (χ2n) is 4.92. The van der Waals surface area contributed by atoms with E-state index in [4.69, 9.17) is 22.7 Å². The molecule has 3 N–H and O–H groups in total. The Morgan fingerprint density at radius 2 is 2.00 bits per heavy atom. The Balaban J connectivity index is 2.17. The van der Waals surface area contributed by atoms with E-state index in [2.05, 4.69) is 10.5 Å². The molecule has 0 atom stereocenters. The number of anilines is 1. The molecule has 1 heterocycles. The van der Waals surface area contributed by atoms with E-state index in [1.54, 1.807) is 0 Å². The number of ether oxygens (including phenoxy) is 1. The molecule has 2 rings (SSSR count). The van der Waals surface area contributed by atoms with Gasteiger partial charge in [-0.15, -0.1) is 0 Å². The highest BCUT2D eigenvalue weighted by molar-refractivity contribution is 7.82. The lowest BCUT2D eigenvalue weighted by atomic mass is 10.2. The molecule has 0 spiro atoms. The third kappa shape index (κ3) is 4.65. The highest BCUT2D eigenvalue weighted by atomic mass is 32.1. The number of amides is 1. The van der Waals surface area contributed by atoms with Crippen LogP contribution in [0.15, 0.2) is 29.4 Å². The molecule has 0 radical (unpaired) electrons. The minimum atomic E-state index is -4.48. The largest absolute Gasteiger partial charge is 0.416 e. The Labute approximate surface area is 141 Å². The number of morpholine rings is 1. The number of nitrogens with zero attached hydrogens (tertiary/aromatic N) is 2. The lowest BCUT2D eigenvalue weighted by molar-refractivity contribution is -0.137. The van der Waals surface area contributed by atoms with Crippen molar-refractivity contribution in [2.45, 2.75) is 6.18 Å². The van der Waals surface area contributed by atoms with Gasteiger partial charge in [0.25, 0.3) is 5.91 Å². The first-order chi connectivity index (χ1) is 11.3. The second kappa shape index (κ2) is 7.58. The SMILES string of the molecule is NC(=S)C(=NNc1cccc(C(F)(F)F)c1)C(=O)N1CCOCC1. The number of carbonyl (C=O) groups is 1. The van der Waals surface area contributed by atoms with Crippen molar-refractivity contribution in [2.24, 2.45) is 10.8 Å². The van der Waals surface area contributed by atoms with Gasteiger partial charge in [0.1, 0.15) is 4.99 Å². The van der Waals surface area contributed by atoms with E-state index < -0.39 is 17.6 Å². The van der Waals surface area contributed by atoms with Crippen molar-refractivity contribution in [2.75, 3.05) is 31.7 Å². The Morgan fingerprint density at radius 3 is 2.58 bits per heavy atom. The van der Waals surface area contributed by atoms with Gasteiger partial charge in [0.15, 0.2) is 5.71 Å². The van der Waals surface area contributed by atoms with Gasteiger partial charge in [-0.1, -0.05) is 18.3 Å². The lowest BCUT2D eigenvalue weighted by Crippen LogP contribution is -2.47. The van der Waals surface area contributed by atoms with E-state index in [0.29, 0.717) is 26.3 Å². The van der Waals surface area contributed by atoms with Crippen LogP contribution < -0.4 is 11.2 Å². The highest BCUT2D eigenvalue weighted by Gasteiger charge is 2.30. The Bertz CT molecular complexity index is 658. The molecular formula is C14H15F3N4O2S. The molecule has 0 aliphatic carbocycles. The molecule has 1 fully saturated rings. The van der Waals surface area contributed by atoms with Crippen molar-refractivity contribution >= 4 is 34.5 Å². The van der Waals surface area contributed by atoms with Crippen LogP contribution in [0, 0.1) is 0 Å². The predicted octanol–water partition coefficient (Wildman–Crippen LogP) is 1.62. The molecule has 24 heavy (non-hydrogen) atoms. The van der Waals surface area contributed by atoms with Crippen molar-refractivity contribution in [3.63, 3.8) is 0 Å².